The van der Waals surface area contributed by atoms with Gasteiger partial charge in [0.05, 0.1) is 5.56 Å². The van der Waals surface area contributed by atoms with Crippen LogP contribution in [0.15, 0.2) is 18.2 Å². The fourth-order valence-corrected chi connectivity index (χ4v) is 1.33. The fraction of sp³-hybridized carbons (Fsp3) is 0.455. The van der Waals surface area contributed by atoms with Crippen LogP contribution in [0.2, 0.25) is 0 Å². The van der Waals surface area contributed by atoms with Crippen LogP contribution in [0.3, 0.4) is 0 Å². The second kappa shape index (κ2) is 3.64. The quantitative estimate of drug-likeness (QED) is 0.678. The average molecular weight is 202 g/mol. The third-order valence-electron chi connectivity index (χ3n) is 2.12. The molecular weight excluding hydrogens is 189 g/mol. The van der Waals surface area contributed by atoms with Gasteiger partial charge in [-0.1, -0.05) is 32.0 Å². The van der Waals surface area contributed by atoms with Crippen LogP contribution in [0, 0.1) is 5.82 Å². The molecular formula is C11H13F3. The first-order valence-corrected chi connectivity index (χ1v) is 4.50. The highest BCUT2D eigenvalue weighted by molar-refractivity contribution is 5.30. The van der Waals surface area contributed by atoms with Gasteiger partial charge in [0, 0.05) is 6.92 Å². The molecule has 0 amide bonds. The lowest BCUT2D eigenvalue weighted by Crippen LogP contribution is -2.11. The SMILES string of the molecule is CC(C)c1cccc(C(C)(F)F)c1F. The van der Waals surface area contributed by atoms with Gasteiger partial charge >= 0.3 is 0 Å². The third kappa shape index (κ3) is 2.08. The molecule has 0 saturated carbocycles. The fourth-order valence-electron chi connectivity index (χ4n) is 1.33. The Morgan fingerprint density at radius 3 is 2.21 bits per heavy atom. The molecule has 0 aliphatic rings. The van der Waals surface area contributed by atoms with Crippen LogP contribution < -0.4 is 0 Å². The van der Waals surface area contributed by atoms with E-state index < -0.39 is 17.3 Å². The van der Waals surface area contributed by atoms with E-state index in [0.717, 1.165) is 6.07 Å². The maximum Gasteiger partial charge on any atom is 0.273 e. The minimum absolute atomic E-state index is 0.0858. The Kier molecular flexibility index (Phi) is 2.88. The highest BCUT2D eigenvalue weighted by Gasteiger charge is 2.29. The normalized spacial score (nSPS) is 12.2. The standard InChI is InChI=1S/C11H13F3/c1-7(2)8-5-4-6-9(10(8)12)11(3,13)14/h4-7H,1-3H3. The first kappa shape index (κ1) is 11.1. The van der Waals surface area contributed by atoms with Gasteiger partial charge in [0.25, 0.3) is 5.92 Å². The summed E-state index contributed by atoms with van der Waals surface area (Å²) < 4.78 is 39.4. The van der Waals surface area contributed by atoms with Gasteiger partial charge in [-0.25, -0.2) is 13.2 Å². The zero-order chi connectivity index (χ0) is 10.9. The predicted molar refractivity (Wildman–Crippen MR) is 50.1 cm³/mol. The minimum atomic E-state index is -3.12. The number of benzene rings is 1. The highest BCUT2D eigenvalue weighted by Crippen LogP contribution is 2.32. The molecule has 0 N–H and O–H groups in total. The Hall–Kier alpha value is -0.990. The van der Waals surface area contributed by atoms with Crippen molar-refractivity contribution in [1.82, 2.24) is 0 Å². The molecule has 0 unspecified atom stereocenters. The molecule has 1 rings (SSSR count). The van der Waals surface area contributed by atoms with Gasteiger partial charge in [0.15, 0.2) is 0 Å². The molecule has 14 heavy (non-hydrogen) atoms. The Morgan fingerprint density at radius 2 is 1.79 bits per heavy atom. The Labute approximate surface area is 81.8 Å². The van der Waals surface area contributed by atoms with E-state index >= 15 is 0 Å². The van der Waals surface area contributed by atoms with Crippen molar-refractivity contribution in [3.05, 3.63) is 35.1 Å². The van der Waals surface area contributed by atoms with E-state index in [4.69, 9.17) is 0 Å². The summed E-state index contributed by atoms with van der Waals surface area (Å²) in [6.07, 6.45) is 0. The van der Waals surface area contributed by atoms with E-state index in [1.807, 2.05) is 0 Å². The lowest BCUT2D eigenvalue weighted by molar-refractivity contribution is 0.0136. The van der Waals surface area contributed by atoms with Crippen LogP contribution in [0.4, 0.5) is 13.2 Å². The zero-order valence-electron chi connectivity index (χ0n) is 8.44. The summed E-state index contributed by atoms with van der Waals surface area (Å²) in [6.45, 7) is 4.25. The summed E-state index contributed by atoms with van der Waals surface area (Å²) in [4.78, 5) is 0. The summed E-state index contributed by atoms with van der Waals surface area (Å²) >= 11 is 0. The number of alkyl halides is 2. The molecule has 0 spiro atoms. The van der Waals surface area contributed by atoms with E-state index in [1.165, 1.54) is 12.1 Å². The molecule has 0 aromatic heterocycles. The number of rotatable bonds is 2. The largest absolute Gasteiger partial charge is 0.273 e. The van der Waals surface area contributed by atoms with Crippen molar-refractivity contribution in [2.75, 3.05) is 0 Å². The van der Waals surface area contributed by atoms with Gasteiger partial charge in [-0.3, -0.25) is 0 Å². The second-order valence-electron chi connectivity index (χ2n) is 3.75. The van der Waals surface area contributed by atoms with Gasteiger partial charge in [-0.15, -0.1) is 0 Å². The van der Waals surface area contributed by atoms with Crippen molar-refractivity contribution < 1.29 is 13.2 Å². The topological polar surface area (TPSA) is 0 Å². The lowest BCUT2D eigenvalue weighted by Gasteiger charge is -2.15. The molecule has 0 fully saturated rings. The van der Waals surface area contributed by atoms with Crippen molar-refractivity contribution in [3.8, 4) is 0 Å². The Balaban J connectivity index is 3.28. The van der Waals surface area contributed by atoms with Gasteiger partial charge in [0.2, 0.25) is 0 Å². The average Bonchev–Trinajstić information content (AvgIpc) is 2.01. The van der Waals surface area contributed by atoms with Crippen molar-refractivity contribution in [1.29, 1.82) is 0 Å². The highest BCUT2D eigenvalue weighted by atomic mass is 19.3. The summed E-state index contributed by atoms with van der Waals surface area (Å²) in [5.74, 6) is -3.98. The summed E-state index contributed by atoms with van der Waals surface area (Å²) in [5, 5.41) is 0. The zero-order valence-corrected chi connectivity index (χ0v) is 8.44. The maximum absolute atomic E-state index is 13.5. The molecule has 1 aromatic rings. The van der Waals surface area contributed by atoms with E-state index in [0.29, 0.717) is 12.5 Å². The molecule has 1 aromatic carbocycles. The third-order valence-corrected chi connectivity index (χ3v) is 2.12. The molecule has 0 aliphatic heterocycles. The first-order valence-electron chi connectivity index (χ1n) is 4.50. The monoisotopic (exact) mass is 202 g/mol. The smallest absolute Gasteiger partial charge is 0.206 e. The maximum atomic E-state index is 13.5. The van der Waals surface area contributed by atoms with Gasteiger partial charge in [-0.2, -0.15) is 0 Å². The van der Waals surface area contributed by atoms with Crippen LogP contribution in [0.5, 0.6) is 0 Å². The minimum Gasteiger partial charge on any atom is -0.206 e. The lowest BCUT2D eigenvalue weighted by atomic mass is 9.98. The molecule has 0 atom stereocenters. The predicted octanol–water partition coefficient (Wildman–Crippen LogP) is 4.06. The van der Waals surface area contributed by atoms with E-state index in [2.05, 4.69) is 0 Å². The molecule has 0 aliphatic carbocycles. The second-order valence-corrected chi connectivity index (χ2v) is 3.75. The van der Waals surface area contributed by atoms with Gasteiger partial charge in [0.1, 0.15) is 5.82 Å². The van der Waals surface area contributed by atoms with Gasteiger partial charge in [-0.05, 0) is 11.5 Å². The molecule has 0 bridgehead atoms. The van der Waals surface area contributed by atoms with Crippen molar-refractivity contribution in [3.63, 3.8) is 0 Å². The van der Waals surface area contributed by atoms with E-state index in [-0.39, 0.29) is 5.92 Å². The Bertz CT molecular complexity index is 324. The van der Waals surface area contributed by atoms with Crippen LogP contribution in [-0.2, 0) is 5.92 Å². The number of hydrogen-bond donors (Lipinski definition) is 0. The van der Waals surface area contributed by atoms with Gasteiger partial charge < -0.3 is 0 Å². The Morgan fingerprint density at radius 1 is 1.21 bits per heavy atom. The molecule has 0 saturated heterocycles. The molecule has 0 nitrogen and oxygen atoms in total. The first-order chi connectivity index (χ1) is 6.34. The van der Waals surface area contributed by atoms with Crippen molar-refractivity contribution in [2.45, 2.75) is 32.6 Å². The molecule has 3 heteroatoms. The van der Waals surface area contributed by atoms with Crippen LogP contribution in [0.1, 0.15) is 37.8 Å². The molecule has 0 radical (unpaired) electrons. The van der Waals surface area contributed by atoms with Crippen LogP contribution in [0.25, 0.3) is 0 Å². The van der Waals surface area contributed by atoms with Crippen LogP contribution in [-0.4, -0.2) is 0 Å². The summed E-state index contributed by atoms with van der Waals surface area (Å²) in [7, 11) is 0. The van der Waals surface area contributed by atoms with E-state index in [1.54, 1.807) is 13.8 Å². The summed E-state index contributed by atoms with van der Waals surface area (Å²) in [6, 6.07) is 4.13. The molecule has 0 heterocycles. The van der Waals surface area contributed by atoms with E-state index in [9.17, 15) is 13.2 Å². The van der Waals surface area contributed by atoms with Crippen molar-refractivity contribution >= 4 is 0 Å². The summed E-state index contributed by atoms with van der Waals surface area (Å²) in [5.41, 5.74) is -0.187. The molecule has 78 valence electrons. The van der Waals surface area contributed by atoms with Crippen LogP contribution >= 0.6 is 0 Å². The van der Waals surface area contributed by atoms with Crippen molar-refractivity contribution in [2.24, 2.45) is 0 Å². The number of halogens is 3. The number of hydrogen-bond acceptors (Lipinski definition) is 0.